The number of carbonyl (C=O) groups is 2. The number of carbonyl (C=O) groups excluding carboxylic acids is 2. The molecule has 0 saturated carbocycles. The average molecular weight is 540 g/mol. The van der Waals surface area contributed by atoms with Gasteiger partial charge in [-0.1, -0.05) is 25.1 Å². The molecule has 0 aromatic heterocycles. The summed E-state index contributed by atoms with van der Waals surface area (Å²) < 4.78 is 6.64. The minimum absolute atomic E-state index is 0.0485. The molecule has 2 fully saturated rings. The first-order valence-corrected chi connectivity index (χ1v) is 16.0. The quantitative estimate of drug-likeness (QED) is 0.326. The van der Waals surface area contributed by atoms with Crippen LogP contribution in [0.3, 0.4) is 0 Å². The zero-order valence-corrected chi connectivity index (χ0v) is 22.7. The van der Waals surface area contributed by atoms with Crippen LogP contribution in [-0.2, 0) is 19.9 Å². The standard InChI is InChI=1S/C27H33N3O7Si/c1-17-25(38(2,3)36)23(15-24(32)28-13-7-10-20(28)16-31)37-27(17)21-14-19(30(34)35)11-12-22(21)29(26(27)33)18-8-5-4-6-9-18/h4-6,8-9,11-12,14,17,20,23,25,31,36H,7,10,13,15-16H2,1-3H3/t17-,20+,23+,25-,27+/m1/s1. The number of non-ortho nitro benzene ring substituents is 1. The van der Waals surface area contributed by atoms with E-state index in [0.29, 0.717) is 23.5 Å². The van der Waals surface area contributed by atoms with Gasteiger partial charge >= 0.3 is 0 Å². The van der Waals surface area contributed by atoms with Crippen LogP contribution in [0, 0.1) is 16.0 Å². The molecule has 5 rings (SSSR count). The third kappa shape index (κ3) is 4.05. The molecule has 1 spiro atoms. The lowest BCUT2D eigenvalue weighted by molar-refractivity contribution is -0.385. The van der Waals surface area contributed by atoms with E-state index in [1.165, 1.54) is 17.0 Å². The zero-order valence-electron chi connectivity index (χ0n) is 21.7. The van der Waals surface area contributed by atoms with E-state index in [0.717, 1.165) is 12.8 Å². The number of likely N-dealkylation sites (tertiary alicyclic amines) is 1. The lowest BCUT2D eigenvalue weighted by atomic mass is 9.82. The number of hydrogen-bond acceptors (Lipinski definition) is 7. The Bertz CT molecular complexity index is 1270. The van der Waals surface area contributed by atoms with E-state index < -0.39 is 36.4 Å². The van der Waals surface area contributed by atoms with Gasteiger partial charge in [-0.15, -0.1) is 0 Å². The Morgan fingerprint density at radius 1 is 1.24 bits per heavy atom. The van der Waals surface area contributed by atoms with Gasteiger partial charge in [0.15, 0.2) is 13.9 Å². The zero-order chi connectivity index (χ0) is 27.4. The van der Waals surface area contributed by atoms with E-state index in [4.69, 9.17) is 4.74 Å². The molecule has 2 saturated heterocycles. The number of aliphatic hydroxyl groups is 1. The average Bonchev–Trinajstić information content (AvgIpc) is 3.53. The van der Waals surface area contributed by atoms with E-state index in [9.17, 15) is 29.6 Å². The summed E-state index contributed by atoms with van der Waals surface area (Å²) in [5.74, 6) is -1.14. The van der Waals surface area contributed by atoms with E-state index in [-0.39, 0.29) is 36.6 Å². The number of ether oxygens (including phenoxy) is 1. The normalized spacial score (nSPS) is 28.8. The number of nitrogens with zero attached hydrogens (tertiary/aromatic N) is 3. The third-order valence-electron chi connectivity index (χ3n) is 8.38. The fourth-order valence-electron chi connectivity index (χ4n) is 6.78. The van der Waals surface area contributed by atoms with Crippen LogP contribution in [0.1, 0.15) is 31.7 Å². The number of para-hydroxylation sites is 1. The molecule has 2 aromatic rings. The van der Waals surface area contributed by atoms with Gasteiger partial charge in [-0.3, -0.25) is 24.6 Å². The van der Waals surface area contributed by atoms with Crippen LogP contribution in [0.5, 0.6) is 0 Å². The lowest BCUT2D eigenvalue weighted by Gasteiger charge is -2.32. The SMILES string of the molecule is C[C@@H]1[C@@H]([Si](C)(C)O)[C@H](CC(=O)N2CCC[C@H]2CO)O[C@@]12C(=O)N(c1ccccc1)c1ccc([N+](=O)[O-])cc12. The lowest BCUT2D eigenvalue weighted by Crippen LogP contribution is -2.45. The van der Waals surface area contributed by atoms with Crippen LogP contribution in [0.2, 0.25) is 18.6 Å². The molecule has 11 heteroatoms. The summed E-state index contributed by atoms with van der Waals surface area (Å²) >= 11 is 0. The van der Waals surface area contributed by atoms with Crippen molar-refractivity contribution in [3.8, 4) is 0 Å². The molecule has 0 bridgehead atoms. The maximum atomic E-state index is 14.4. The van der Waals surface area contributed by atoms with Crippen molar-refractivity contribution < 1.29 is 29.2 Å². The van der Waals surface area contributed by atoms with Gasteiger partial charge in [0.05, 0.1) is 35.8 Å². The van der Waals surface area contributed by atoms with Crippen LogP contribution in [0.25, 0.3) is 0 Å². The van der Waals surface area contributed by atoms with E-state index in [1.54, 1.807) is 48.3 Å². The van der Waals surface area contributed by atoms with Crippen LogP contribution in [-0.4, -0.2) is 65.2 Å². The van der Waals surface area contributed by atoms with Crippen molar-refractivity contribution in [1.29, 1.82) is 0 Å². The Kier molecular flexibility index (Phi) is 6.67. The van der Waals surface area contributed by atoms with Crippen molar-refractivity contribution in [2.24, 2.45) is 5.92 Å². The van der Waals surface area contributed by atoms with E-state index in [1.807, 2.05) is 13.0 Å². The van der Waals surface area contributed by atoms with Crippen LogP contribution >= 0.6 is 0 Å². The topological polar surface area (TPSA) is 133 Å². The fourth-order valence-corrected chi connectivity index (χ4v) is 9.33. The number of nitro benzene ring substituents is 1. The molecule has 202 valence electrons. The molecule has 0 radical (unpaired) electrons. The van der Waals surface area contributed by atoms with Crippen LogP contribution in [0.4, 0.5) is 17.1 Å². The number of nitro groups is 1. The van der Waals surface area contributed by atoms with Gasteiger partial charge in [0.25, 0.3) is 11.6 Å². The summed E-state index contributed by atoms with van der Waals surface area (Å²) in [6.45, 7) is 5.79. The summed E-state index contributed by atoms with van der Waals surface area (Å²) in [7, 11) is -3.01. The number of anilines is 2. The fraction of sp³-hybridized carbons (Fsp3) is 0.481. The van der Waals surface area contributed by atoms with Gasteiger partial charge in [-0.25, -0.2) is 0 Å². The Morgan fingerprint density at radius 2 is 1.95 bits per heavy atom. The summed E-state index contributed by atoms with van der Waals surface area (Å²) in [5, 5.41) is 21.4. The second kappa shape index (κ2) is 9.56. The molecule has 0 aliphatic carbocycles. The maximum Gasteiger partial charge on any atom is 0.269 e. The molecule has 2 N–H and O–H groups in total. The number of rotatable bonds is 6. The molecular formula is C27H33N3O7Si. The molecule has 3 aliphatic heterocycles. The van der Waals surface area contributed by atoms with Gasteiger partial charge in [0.1, 0.15) is 0 Å². The highest BCUT2D eigenvalue weighted by Crippen LogP contribution is 2.61. The molecule has 2 aromatic carbocycles. The van der Waals surface area contributed by atoms with Gasteiger partial charge in [0.2, 0.25) is 5.91 Å². The maximum absolute atomic E-state index is 14.4. The highest BCUT2D eigenvalue weighted by atomic mass is 28.4. The second-order valence-corrected chi connectivity index (χ2v) is 15.0. The molecule has 3 heterocycles. The molecule has 10 nitrogen and oxygen atoms in total. The first-order valence-electron chi connectivity index (χ1n) is 13.0. The van der Waals surface area contributed by atoms with Crippen molar-refractivity contribution in [2.45, 2.75) is 62.6 Å². The minimum atomic E-state index is -3.01. The molecule has 2 amide bonds. The van der Waals surface area contributed by atoms with Crippen molar-refractivity contribution in [3.63, 3.8) is 0 Å². The number of aliphatic hydroxyl groups excluding tert-OH is 1. The van der Waals surface area contributed by atoms with Crippen molar-refractivity contribution in [2.75, 3.05) is 18.1 Å². The van der Waals surface area contributed by atoms with Gasteiger partial charge in [-0.2, -0.15) is 0 Å². The molecule has 5 atom stereocenters. The van der Waals surface area contributed by atoms with Gasteiger partial charge < -0.3 is 19.5 Å². The summed E-state index contributed by atoms with van der Waals surface area (Å²) in [6.07, 6.45) is 0.705. The van der Waals surface area contributed by atoms with Crippen LogP contribution < -0.4 is 4.90 Å². The van der Waals surface area contributed by atoms with Crippen molar-refractivity contribution in [1.82, 2.24) is 4.90 Å². The van der Waals surface area contributed by atoms with Crippen molar-refractivity contribution in [3.05, 3.63) is 64.2 Å². The Hall–Kier alpha value is -3.12. The largest absolute Gasteiger partial charge is 0.432 e. The highest BCUT2D eigenvalue weighted by Gasteiger charge is 2.67. The van der Waals surface area contributed by atoms with E-state index >= 15 is 0 Å². The predicted octanol–water partition coefficient (Wildman–Crippen LogP) is 3.44. The number of amides is 2. The monoisotopic (exact) mass is 539 g/mol. The summed E-state index contributed by atoms with van der Waals surface area (Å²) in [5.41, 5.74) is -0.794. The van der Waals surface area contributed by atoms with Gasteiger partial charge in [-0.05, 0) is 44.1 Å². The molecular weight excluding hydrogens is 506 g/mol. The van der Waals surface area contributed by atoms with Crippen molar-refractivity contribution >= 4 is 37.2 Å². The molecule has 0 unspecified atom stereocenters. The van der Waals surface area contributed by atoms with E-state index in [2.05, 4.69) is 0 Å². The first kappa shape index (κ1) is 26.5. The number of fused-ring (bicyclic) bond motifs is 2. The first-order chi connectivity index (χ1) is 18.0. The third-order valence-corrected chi connectivity index (χ3v) is 10.9. The van der Waals surface area contributed by atoms with Crippen LogP contribution in [0.15, 0.2) is 48.5 Å². The predicted molar refractivity (Wildman–Crippen MR) is 142 cm³/mol. The van der Waals surface area contributed by atoms with Gasteiger partial charge in [0, 0.05) is 41.4 Å². The molecule has 38 heavy (non-hydrogen) atoms. The summed E-state index contributed by atoms with van der Waals surface area (Å²) in [6, 6.07) is 13.1. The number of hydrogen-bond donors (Lipinski definition) is 2. The molecule has 3 aliphatic rings. The highest BCUT2D eigenvalue weighted by molar-refractivity contribution is 6.71. The number of benzene rings is 2. The Labute approximate surface area is 222 Å². The second-order valence-electron chi connectivity index (χ2n) is 11.1. The Balaban J connectivity index is 1.61. The Morgan fingerprint density at radius 3 is 2.58 bits per heavy atom. The smallest absolute Gasteiger partial charge is 0.269 e. The summed E-state index contributed by atoms with van der Waals surface area (Å²) in [4.78, 5) is 53.6. The minimum Gasteiger partial charge on any atom is -0.432 e.